The van der Waals surface area contributed by atoms with Gasteiger partial charge in [0.1, 0.15) is 0 Å². The predicted octanol–water partition coefficient (Wildman–Crippen LogP) is 2.01. The zero-order valence-corrected chi connectivity index (χ0v) is 22.3. The number of fused-ring (bicyclic) bond motifs is 1. The maximum Gasteiger partial charge on any atom is 0.332 e. The Kier molecular flexibility index (Phi) is 6.98. The second-order valence-corrected chi connectivity index (χ2v) is 10.1. The number of halogens is 1. The van der Waals surface area contributed by atoms with Gasteiger partial charge in [-0.25, -0.2) is 4.79 Å². The topological polar surface area (TPSA) is 97.4 Å². The quantitative estimate of drug-likeness (QED) is 0.384. The fourth-order valence-electron chi connectivity index (χ4n) is 4.63. The number of nitrogens with zero attached hydrogens (tertiary/aromatic N) is 6. The van der Waals surface area contributed by atoms with Gasteiger partial charge >= 0.3 is 5.69 Å². The molecule has 1 saturated heterocycles. The summed E-state index contributed by atoms with van der Waals surface area (Å²) in [7, 11) is 3.12. The van der Waals surface area contributed by atoms with Crippen LogP contribution in [0.25, 0.3) is 11.2 Å². The lowest BCUT2D eigenvalue weighted by Crippen LogP contribution is -2.49. The third kappa shape index (κ3) is 5.09. The Labute approximate surface area is 221 Å². The van der Waals surface area contributed by atoms with E-state index in [2.05, 4.69) is 31.0 Å². The third-order valence-corrected chi connectivity index (χ3v) is 7.19. The van der Waals surface area contributed by atoms with Gasteiger partial charge in [0.25, 0.3) is 5.56 Å². The van der Waals surface area contributed by atoms with Crippen molar-refractivity contribution in [2.45, 2.75) is 6.54 Å². The molecule has 1 amide bonds. The van der Waals surface area contributed by atoms with Gasteiger partial charge in [0, 0.05) is 50.4 Å². The van der Waals surface area contributed by atoms with Crippen LogP contribution in [0.4, 0.5) is 11.6 Å². The molecule has 0 saturated carbocycles. The molecule has 1 aliphatic rings. The minimum Gasteiger partial charge on any atom is -0.340 e. The Morgan fingerprint density at radius 1 is 0.946 bits per heavy atom. The first-order chi connectivity index (χ1) is 17.8. The van der Waals surface area contributed by atoms with Gasteiger partial charge in [0.05, 0.1) is 13.1 Å². The molecule has 5 rings (SSSR count). The molecule has 0 atom stereocenters. The standard InChI is InChI=1S/C26H28BrN7O3/c1-30-23-22(24(36)31(2)26(30)37)34(16-18-8-10-19(27)11-9-18)25(29-23)33-14-12-32(13-15-33)17-21(35)28-20-6-4-3-5-7-20/h3-11H,12-17H2,1-2H3,(H,28,35). The summed E-state index contributed by atoms with van der Waals surface area (Å²) in [5.74, 6) is 0.588. The first-order valence-corrected chi connectivity index (χ1v) is 12.8. The number of piperazine rings is 1. The molecule has 0 unspecified atom stereocenters. The maximum absolute atomic E-state index is 13.2. The van der Waals surface area contributed by atoms with Crippen LogP contribution in [0.5, 0.6) is 0 Å². The molecule has 10 nitrogen and oxygen atoms in total. The monoisotopic (exact) mass is 565 g/mol. The first kappa shape index (κ1) is 25.0. The van der Waals surface area contributed by atoms with Crippen molar-refractivity contribution in [3.63, 3.8) is 0 Å². The summed E-state index contributed by atoms with van der Waals surface area (Å²) in [5, 5.41) is 2.93. The van der Waals surface area contributed by atoms with Crippen LogP contribution in [0.3, 0.4) is 0 Å². The van der Waals surface area contributed by atoms with Gasteiger partial charge in [0.2, 0.25) is 11.9 Å². The summed E-state index contributed by atoms with van der Waals surface area (Å²) < 4.78 is 5.41. The van der Waals surface area contributed by atoms with Crippen LogP contribution in [0.2, 0.25) is 0 Å². The van der Waals surface area contributed by atoms with E-state index in [0.29, 0.717) is 56.4 Å². The van der Waals surface area contributed by atoms with Crippen molar-refractivity contribution >= 4 is 44.6 Å². The molecular formula is C26H28BrN7O3. The van der Waals surface area contributed by atoms with Crippen molar-refractivity contribution in [2.24, 2.45) is 14.1 Å². The number of aromatic nitrogens is 4. The van der Waals surface area contributed by atoms with E-state index in [9.17, 15) is 14.4 Å². The second kappa shape index (κ2) is 10.3. The Hall–Kier alpha value is -3.70. The Bertz CT molecular complexity index is 1550. The molecule has 0 bridgehead atoms. The van der Waals surface area contributed by atoms with Gasteiger partial charge in [-0.1, -0.05) is 46.3 Å². The van der Waals surface area contributed by atoms with Crippen molar-refractivity contribution in [3.8, 4) is 0 Å². The van der Waals surface area contributed by atoms with E-state index in [0.717, 1.165) is 20.3 Å². The average Bonchev–Trinajstić information content (AvgIpc) is 3.27. The Morgan fingerprint density at radius 3 is 2.30 bits per heavy atom. The van der Waals surface area contributed by atoms with Gasteiger partial charge in [-0.05, 0) is 29.8 Å². The van der Waals surface area contributed by atoms with Crippen molar-refractivity contribution in [2.75, 3.05) is 42.9 Å². The van der Waals surface area contributed by atoms with Crippen molar-refractivity contribution in [1.82, 2.24) is 23.6 Å². The van der Waals surface area contributed by atoms with E-state index in [1.54, 1.807) is 7.05 Å². The smallest absolute Gasteiger partial charge is 0.332 e. The number of hydrogen-bond donors (Lipinski definition) is 1. The fourth-order valence-corrected chi connectivity index (χ4v) is 4.89. The van der Waals surface area contributed by atoms with Crippen LogP contribution in [0, 0.1) is 0 Å². The molecule has 37 heavy (non-hydrogen) atoms. The van der Waals surface area contributed by atoms with Gasteiger partial charge in [0.15, 0.2) is 11.2 Å². The van der Waals surface area contributed by atoms with E-state index < -0.39 is 5.69 Å². The zero-order chi connectivity index (χ0) is 26.1. The Balaban J connectivity index is 1.40. The maximum atomic E-state index is 13.2. The first-order valence-electron chi connectivity index (χ1n) is 12.0. The summed E-state index contributed by atoms with van der Waals surface area (Å²) in [5.41, 5.74) is 1.77. The molecule has 192 valence electrons. The molecule has 1 N–H and O–H groups in total. The van der Waals surface area contributed by atoms with Gasteiger partial charge in [-0.3, -0.25) is 28.2 Å². The highest BCUT2D eigenvalue weighted by molar-refractivity contribution is 9.10. The number of imidazole rings is 1. The fraction of sp³-hybridized carbons (Fsp3) is 0.308. The molecule has 0 radical (unpaired) electrons. The second-order valence-electron chi connectivity index (χ2n) is 9.18. The lowest BCUT2D eigenvalue weighted by atomic mass is 10.2. The summed E-state index contributed by atoms with van der Waals surface area (Å²) >= 11 is 3.47. The lowest BCUT2D eigenvalue weighted by molar-refractivity contribution is -0.117. The summed E-state index contributed by atoms with van der Waals surface area (Å²) in [4.78, 5) is 47.3. The number of hydrogen-bond acceptors (Lipinski definition) is 6. The number of nitrogens with one attached hydrogen (secondary N) is 1. The minimum absolute atomic E-state index is 0.0550. The van der Waals surface area contributed by atoms with E-state index >= 15 is 0 Å². The van der Waals surface area contributed by atoms with E-state index in [1.165, 1.54) is 11.6 Å². The third-order valence-electron chi connectivity index (χ3n) is 6.66. The molecule has 1 aliphatic heterocycles. The predicted molar refractivity (Wildman–Crippen MR) is 147 cm³/mol. The number of benzene rings is 2. The van der Waals surface area contributed by atoms with Crippen LogP contribution in [-0.2, 0) is 25.4 Å². The molecule has 0 aliphatic carbocycles. The molecule has 2 aromatic carbocycles. The highest BCUT2D eigenvalue weighted by atomic mass is 79.9. The summed E-state index contributed by atoms with van der Waals surface area (Å²) in [6, 6.07) is 17.3. The van der Waals surface area contributed by atoms with Crippen LogP contribution in [0.1, 0.15) is 5.56 Å². The van der Waals surface area contributed by atoms with Gasteiger partial charge < -0.3 is 10.2 Å². The summed E-state index contributed by atoms with van der Waals surface area (Å²) in [6.07, 6.45) is 0. The number of carbonyl (C=O) groups is 1. The van der Waals surface area contributed by atoms with Crippen LogP contribution in [0.15, 0.2) is 68.7 Å². The molecule has 3 heterocycles. The van der Waals surface area contributed by atoms with Crippen molar-refractivity contribution < 1.29 is 4.79 Å². The molecular weight excluding hydrogens is 538 g/mol. The molecule has 1 fully saturated rings. The number of amides is 1. The molecule has 2 aromatic heterocycles. The molecule has 0 spiro atoms. The number of para-hydroxylation sites is 1. The lowest BCUT2D eigenvalue weighted by Gasteiger charge is -2.35. The van der Waals surface area contributed by atoms with Crippen LogP contribution >= 0.6 is 15.9 Å². The van der Waals surface area contributed by atoms with Crippen molar-refractivity contribution in [1.29, 1.82) is 0 Å². The number of anilines is 2. The largest absolute Gasteiger partial charge is 0.340 e. The van der Waals surface area contributed by atoms with E-state index in [-0.39, 0.29) is 11.5 Å². The zero-order valence-electron chi connectivity index (χ0n) is 20.7. The van der Waals surface area contributed by atoms with Crippen LogP contribution in [-0.4, -0.2) is 62.2 Å². The number of rotatable bonds is 6. The molecule has 4 aromatic rings. The van der Waals surface area contributed by atoms with Gasteiger partial charge in [-0.2, -0.15) is 4.98 Å². The Morgan fingerprint density at radius 2 is 1.62 bits per heavy atom. The highest BCUT2D eigenvalue weighted by Gasteiger charge is 2.26. The van der Waals surface area contributed by atoms with Crippen LogP contribution < -0.4 is 21.5 Å². The normalized spacial score (nSPS) is 14.3. The number of carbonyl (C=O) groups excluding carboxylic acids is 1. The van der Waals surface area contributed by atoms with Crippen molar-refractivity contribution in [3.05, 3.63) is 85.5 Å². The highest BCUT2D eigenvalue weighted by Crippen LogP contribution is 2.23. The number of aryl methyl sites for hydroxylation is 1. The minimum atomic E-state index is -0.411. The molecule has 11 heteroatoms. The van der Waals surface area contributed by atoms with E-state index in [1.807, 2.05) is 59.2 Å². The van der Waals surface area contributed by atoms with E-state index in [4.69, 9.17) is 4.98 Å². The summed E-state index contributed by atoms with van der Waals surface area (Å²) in [6.45, 7) is 3.34. The SMILES string of the molecule is Cn1c(=O)c2c(nc(N3CCN(CC(=O)Nc4ccccc4)CC3)n2Cc2ccc(Br)cc2)n(C)c1=O. The van der Waals surface area contributed by atoms with Gasteiger partial charge in [-0.15, -0.1) is 0 Å². The average molecular weight is 566 g/mol.